The Balaban J connectivity index is 1.76. The third kappa shape index (κ3) is 5.59. The van der Waals surface area contributed by atoms with Crippen LogP contribution in [0.4, 0.5) is 0 Å². The van der Waals surface area contributed by atoms with Gasteiger partial charge in [-0.15, -0.1) is 0 Å². The molecule has 1 aliphatic rings. The van der Waals surface area contributed by atoms with Crippen LogP contribution < -0.4 is 20.1 Å². The van der Waals surface area contributed by atoms with E-state index in [1.165, 1.54) is 14.2 Å². The van der Waals surface area contributed by atoms with Crippen molar-refractivity contribution in [2.45, 2.75) is 45.2 Å². The number of hydrogen-bond donors (Lipinski definition) is 2. The summed E-state index contributed by atoms with van der Waals surface area (Å²) in [6.45, 7) is 4.39. The molecule has 1 aliphatic heterocycles. The summed E-state index contributed by atoms with van der Waals surface area (Å²) in [6.07, 6.45) is 1.61. The first-order chi connectivity index (χ1) is 15.3. The minimum Gasteiger partial charge on any atom is -0.493 e. The molecule has 9 heteroatoms. The van der Waals surface area contributed by atoms with Gasteiger partial charge in [-0.25, -0.2) is 0 Å². The molecule has 0 aliphatic carbocycles. The Morgan fingerprint density at radius 2 is 1.88 bits per heavy atom. The first-order valence-electron chi connectivity index (χ1n) is 10.7. The van der Waals surface area contributed by atoms with Crippen molar-refractivity contribution in [2.24, 2.45) is 5.92 Å². The first-order valence-corrected chi connectivity index (χ1v) is 10.7. The van der Waals surface area contributed by atoms with Crippen molar-refractivity contribution in [1.29, 1.82) is 0 Å². The third-order valence-corrected chi connectivity index (χ3v) is 5.31. The molecule has 0 unspecified atom stereocenters. The summed E-state index contributed by atoms with van der Waals surface area (Å²) < 4.78 is 21.5. The van der Waals surface area contributed by atoms with E-state index in [0.29, 0.717) is 48.3 Å². The van der Waals surface area contributed by atoms with Crippen LogP contribution in [0.2, 0.25) is 0 Å². The number of Topliss-reactive ketones (excluding diaryl/α,β-unsaturated/α-hetero) is 1. The van der Waals surface area contributed by atoms with Gasteiger partial charge in [-0.2, -0.15) is 0 Å². The topological polar surface area (TPSA) is 116 Å². The highest BCUT2D eigenvalue weighted by molar-refractivity contribution is 6.00. The van der Waals surface area contributed by atoms with Gasteiger partial charge < -0.3 is 29.3 Å². The maximum atomic E-state index is 12.9. The number of nitrogens with one attached hydrogen (secondary N) is 2. The zero-order valence-electron chi connectivity index (χ0n) is 18.9. The summed E-state index contributed by atoms with van der Waals surface area (Å²) in [5, 5.41) is 6.20. The monoisotopic (exact) mass is 446 g/mol. The van der Waals surface area contributed by atoms with Gasteiger partial charge in [-0.1, -0.05) is 13.8 Å². The van der Waals surface area contributed by atoms with Gasteiger partial charge in [0.1, 0.15) is 18.2 Å². The average molecular weight is 447 g/mol. The van der Waals surface area contributed by atoms with Crippen LogP contribution in [0.1, 0.15) is 43.7 Å². The Morgan fingerprint density at radius 1 is 1.16 bits per heavy atom. The number of hydrogen-bond acceptors (Lipinski definition) is 7. The Bertz CT molecular complexity index is 941. The fourth-order valence-electron chi connectivity index (χ4n) is 3.66. The molecular formula is C23H30N2O7. The number of benzene rings is 1. The molecule has 0 radical (unpaired) electrons. The van der Waals surface area contributed by atoms with Crippen LogP contribution in [0.5, 0.6) is 11.5 Å². The second-order valence-electron chi connectivity index (χ2n) is 8.23. The summed E-state index contributed by atoms with van der Waals surface area (Å²) in [7, 11) is 3.04. The van der Waals surface area contributed by atoms with Crippen LogP contribution in [-0.4, -0.2) is 57.1 Å². The predicted octanol–water partition coefficient (Wildman–Crippen LogP) is 2.46. The minimum atomic E-state index is -0.809. The molecule has 0 spiro atoms. The average Bonchev–Trinajstić information content (AvgIpc) is 3.08. The molecule has 1 fully saturated rings. The van der Waals surface area contributed by atoms with Crippen LogP contribution in [0, 0.1) is 5.92 Å². The number of ether oxygens (including phenoxy) is 3. The number of amides is 2. The molecule has 2 atom stereocenters. The highest BCUT2D eigenvalue weighted by Gasteiger charge is 2.29. The number of rotatable bonds is 8. The molecule has 9 nitrogen and oxygen atoms in total. The van der Waals surface area contributed by atoms with Gasteiger partial charge in [-0.05, 0) is 37.3 Å². The molecule has 2 heterocycles. The Hall–Kier alpha value is -3.07. The summed E-state index contributed by atoms with van der Waals surface area (Å²) in [5.41, 5.74) is 0.460. The normalized spacial score (nSPS) is 17.7. The van der Waals surface area contributed by atoms with E-state index in [-0.39, 0.29) is 24.1 Å². The number of carbonyl (C=O) groups excluding carboxylic acids is 3. The predicted molar refractivity (Wildman–Crippen MR) is 117 cm³/mol. The van der Waals surface area contributed by atoms with E-state index in [1.54, 1.807) is 18.2 Å². The first kappa shape index (κ1) is 23.6. The molecule has 1 aromatic heterocycles. The molecule has 1 aromatic carbocycles. The van der Waals surface area contributed by atoms with Gasteiger partial charge in [0, 0.05) is 18.1 Å². The van der Waals surface area contributed by atoms with Crippen LogP contribution in [0.3, 0.4) is 0 Å². The quantitative estimate of drug-likeness (QED) is 0.640. The summed E-state index contributed by atoms with van der Waals surface area (Å²) >= 11 is 0. The van der Waals surface area contributed by atoms with Gasteiger partial charge in [0.25, 0.3) is 5.91 Å². The van der Waals surface area contributed by atoms with Crippen molar-refractivity contribution < 1.29 is 33.0 Å². The fourth-order valence-corrected chi connectivity index (χ4v) is 3.66. The van der Waals surface area contributed by atoms with E-state index in [0.717, 1.165) is 0 Å². The molecule has 1 saturated heterocycles. The highest BCUT2D eigenvalue weighted by atomic mass is 16.5. The lowest BCUT2D eigenvalue weighted by Gasteiger charge is -2.22. The van der Waals surface area contributed by atoms with Gasteiger partial charge in [-0.3, -0.25) is 14.4 Å². The maximum Gasteiger partial charge on any atom is 0.287 e. The second-order valence-corrected chi connectivity index (χ2v) is 8.23. The lowest BCUT2D eigenvalue weighted by atomic mass is 10.0. The lowest BCUT2D eigenvalue weighted by molar-refractivity contribution is -0.130. The molecule has 3 rings (SSSR count). The lowest BCUT2D eigenvalue weighted by Crippen LogP contribution is -2.52. The molecule has 174 valence electrons. The van der Waals surface area contributed by atoms with Gasteiger partial charge in [0.15, 0.2) is 23.0 Å². The Labute approximate surface area is 186 Å². The molecule has 2 N–H and O–H groups in total. The SMILES string of the molecule is COc1cc2cc(C(=O)N[C@@H](CC(C)C)C(=O)N[C@H]3CCCOCC3=O)oc2cc1OC. The van der Waals surface area contributed by atoms with Crippen molar-refractivity contribution in [1.82, 2.24) is 10.6 Å². The third-order valence-electron chi connectivity index (χ3n) is 5.31. The number of furan rings is 1. The fraction of sp³-hybridized carbons (Fsp3) is 0.522. The van der Waals surface area contributed by atoms with E-state index in [1.807, 2.05) is 13.8 Å². The number of ketones is 1. The smallest absolute Gasteiger partial charge is 0.287 e. The molecule has 32 heavy (non-hydrogen) atoms. The van der Waals surface area contributed by atoms with E-state index in [9.17, 15) is 14.4 Å². The van der Waals surface area contributed by atoms with Gasteiger partial charge in [0.05, 0.1) is 20.3 Å². The Kier molecular flexibility index (Phi) is 7.74. The van der Waals surface area contributed by atoms with Gasteiger partial charge >= 0.3 is 0 Å². The van der Waals surface area contributed by atoms with Crippen molar-refractivity contribution >= 4 is 28.6 Å². The summed E-state index contributed by atoms with van der Waals surface area (Å²) in [5.74, 6) is 0.129. The van der Waals surface area contributed by atoms with Crippen molar-refractivity contribution in [3.05, 3.63) is 24.0 Å². The van der Waals surface area contributed by atoms with Crippen LogP contribution in [0.25, 0.3) is 11.0 Å². The summed E-state index contributed by atoms with van der Waals surface area (Å²) in [6, 6.07) is 3.53. The molecular weight excluding hydrogens is 416 g/mol. The van der Waals surface area contributed by atoms with E-state index in [2.05, 4.69) is 10.6 Å². The van der Waals surface area contributed by atoms with Crippen molar-refractivity contribution in [3.8, 4) is 11.5 Å². The number of fused-ring (bicyclic) bond motifs is 1. The zero-order valence-corrected chi connectivity index (χ0v) is 18.9. The van der Waals surface area contributed by atoms with Crippen molar-refractivity contribution in [2.75, 3.05) is 27.4 Å². The molecule has 0 bridgehead atoms. The molecule has 0 saturated carbocycles. The maximum absolute atomic E-state index is 12.9. The standard InChI is InChI=1S/C23H30N2O7/c1-13(2)8-16(22(27)24-15-6-5-7-31-12-17(15)26)25-23(28)21-10-14-9-19(29-3)20(30-4)11-18(14)32-21/h9-11,13,15-16H,5-8,12H2,1-4H3,(H,24,27)(H,25,28)/t15-,16-/m0/s1. The van der Waals surface area contributed by atoms with Gasteiger partial charge in [0.2, 0.25) is 5.91 Å². The number of methoxy groups -OCH3 is 2. The van der Waals surface area contributed by atoms with Crippen molar-refractivity contribution in [3.63, 3.8) is 0 Å². The van der Waals surface area contributed by atoms with E-state index < -0.39 is 23.9 Å². The minimum absolute atomic E-state index is 0.0158. The van der Waals surface area contributed by atoms with Crippen LogP contribution >= 0.6 is 0 Å². The zero-order chi connectivity index (χ0) is 23.3. The number of carbonyl (C=O) groups is 3. The molecule has 2 aromatic rings. The largest absolute Gasteiger partial charge is 0.493 e. The van der Waals surface area contributed by atoms with E-state index >= 15 is 0 Å². The van der Waals surface area contributed by atoms with Crippen LogP contribution in [-0.2, 0) is 14.3 Å². The molecule has 2 amide bonds. The second kappa shape index (κ2) is 10.5. The Morgan fingerprint density at radius 3 is 2.56 bits per heavy atom. The highest BCUT2D eigenvalue weighted by Crippen LogP contribution is 2.33. The van der Waals surface area contributed by atoms with Crippen LogP contribution in [0.15, 0.2) is 22.6 Å². The van der Waals surface area contributed by atoms with E-state index in [4.69, 9.17) is 18.6 Å². The summed E-state index contributed by atoms with van der Waals surface area (Å²) in [4.78, 5) is 38.0.